The molecule has 1 aromatic carbocycles. The fourth-order valence-electron chi connectivity index (χ4n) is 2.16. The second-order valence-electron chi connectivity index (χ2n) is 4.92. The molecule has 0 spiro atoms. The molecule has 0 N–H and O–H groups in total. The van der Waals surface area contributed by atoms with Gasteiger partial charge < -0.3 is 9.47 Å². The summed E-state index contributed by atoms with van der Waals surface area (Å²) in [6, 6.07) is 5.73. The minimum absolute atomic E-state index is 0.0528. The number of Topliss-reactive ketones (excluding diaryl/α,β-unsaturated/α-hetero) is 1. The minimum atomic E-state index is 0.0528. The maximum absolute atomic E-state index is 11.5. The summed E-state index contributed by atoms with van der Waals surface area (Å²) in [5.74, 6) is 1.31. The molecule has 2 rings (SSSR count). The van der Waals surface area contributed by atoms with Crippen molar-refractivity contribution in [1.29, 1.82) is 0 Å². The van der Waals surface area contributed by atoms with Crippen LogP contribution in [0.2, 0.25) is 0 Å². The summed E-state index contributed by atoms with van der Waals surface area (Å²) < 4.78 is 11.2. The molecule has 1 fully saturated rings. The van der Waals surface area contributed by atoms with Crippen LogP contribution in [-0.4, -0.2) is 25.6 Å². The summed E-state index contributed by atoms with van der Waals surface area (Å²) in [7, 11) is 0. The van der Waals surface area contributed by atoms with Gasteiger partial charge in [-0.05, 0) is 50.3 Å². The van der Waals surface area contributed by atoms with Crippen molar-refractivity contribution in [1.82, 2.24) is 0 Å². The molecule has 1 heterocycles. The Morgan fingerprint density at radius 1 is 1.39 bits per heavy atom. The van der Waals surface area contributed by atoms with Gasteiger partial charge in [-0.25, -0.2) is 0 Å². The Hall–Kier alpha value is -1.35. The fraction of sp³-hybridized carbons (Fsp3) is 0.533. The molecule has 3 nitrogen and oxygen atoms in total. The zero-order chi connectivity index (χ0) is 13.0. The maximum Gasteiger partial charge on any atom is 0.163 e. The van der Waals surface area contributed by atoms with E-state index in [0.717, 1.165) is 31.6 Å². The van der Waals surface area contributed by atoms with Gasteiger partial charge >= 0.3 is 0 Å². The molecular weight excluding hydrogens is 228 g/mol. The number of hydrogen-bond donors (Lipinski definition) is 0. The average Bonchev–Trinajstić information content (AvgIpc) is 2.37. The number of hydrogen-bond acceptors (Lipinski definition) is 3. The van der Waals surface area contributed by atoms with E-state index in [-0.39, 0.29) is 5.78 Å². The third-order valence-electron chi connectivity index (χ3n) is 3.33. The normalized spacial score (nSPS) is 16.6. The van der Waals surface area contributed by atoms with Crippen molar-refractivity contribution in [2.24, 2.45) is 5.92 Å². The van der Waals surface area contributed by atoms with Gasteiger partial charge in [0.1, 0.15) is 5.75 Å². The van der Waals surface area contributed by atoms with E-state index >= 15 is 0 Å². The lowest BCUT2D eigenvalue weighted by molar-refractivity contribution is 0.0495. The van der Waals surface area contributed by atoms with E-state index in [9.17, 15) is 4.79 Å². The first kappa shape index (κ1) is 13.1. The monoisotopic (exact) mass is 248 g/mol. The van der Waals surface area contributed by atoms with Crippen LogP contribution in [-0.2, 0) is 4.74 Å². The molecule has 1 aromatic rings. The molecule has 0 aliphatic carbocycles. The lowest BCUT2D eigenvalue weighted by Gasteiger charge is -2.22. The molecule has 3 heteroatoms. The summed E-state index contributed by atoms with van der Waals surface area (Å²) in [6.07, 6.45) is 2.09. The first-order chi connectivity index (χ1) is 8.66. The largest absolute Gasteiger partial charge is 0.493 e. The number of benzene rings is 1. The highest BCUT2D eigenvalue weighted by Gasteiger charge is 2.16. The Morgan fingerprint density at radius 3 is 2.78 bits per heavy atom. The maximum atomic E-state index is 11.5. The van der Waals surface area contributed by atoms with E-state index in [1.807, 2.05) is 25.1 Å². The van der Waals surface area contributed by atoms with Crippen molar-refractivity contribution in [2.75, 3.05) is 19.8 Å². The first-order valence-electron chi connectivity index (χ1n) is 6.49. The molecule has 0 unspecified atom stereocenters. The standard InChI is InChI=1S/C15H20O3/c1-11-3-4-14(12(2)16)15(9-11)18-10-13-5-7-17-8-6-13/h3-4,9,13H,5-8,10H2,1-2H3. The van der Waals surface area contributed by atoms with Gasteiger partial charge in [0, 0.05) is 13.2 Å². The first-order valence-corrected chi connectivity index (χ1v) is 6.49. The van der Waals surface area contributed by atoms with E-state index in [1.54, 1.807) is 6.92 Å². The number of rotatable bonds is 4. The summed E-state index contributed by atoms with van der Waals surface area (Å²) in [6.45, 7) is 5.90. The summed E-state index contributed by atoms with van der Waals surface area (Å²) in [5.41, 5.74) is 1.79. The molecule has 0 aromatic heterocycles. The quantitative estimate of drug-likeness (QED) is 0.768. The Kier molecular flexibility index (Phi) is 4.37. The van der Waals surface area contributed by atoms with E-state index < -0.39 is 0 Å². The van der Waals surface area contributed by atoms with Crippen LogP contribution < -0.4 is 4.74 Å². The molecule has 1 aliphatic heterocycles. The Bertz CT molecular complexity index is 420. The topological polar surface area (TPSA) is 35.5 Å². The SMILES string of the molecule is CC(=O)c1ccc(C)cc1OCC1CCOCC1. The molecule has 0 amide bonds. The number of aryl methyl sites for hydroxylation is 1. The van der Waals surface area contributed by atoms with E-state index in [4.69, 9.17) is 9.47 Å². The van der Waals surface area contributed by atoms with Crippen LogP contribution in [0.3, 0.4) is 0 Å². The lowest BCUT2D eigenvalue weighted by Crippen LogP contribution is -2.21. The second-order valence-corrected chi connectivity index (χ2v) is 4.92. The van der Waals surface area contributed by atoms with Crippen LogP contribution in [0, 0.1) is 12.8 Å². The fourth-order valence-corrected chi connectivity index (χ4v) is 2.16. The summed E-state index contributed by atoms with van der Waals surface area (Å²) in [4.78, 5) is 11.5. The highest BCUT2D eigenvalue weighted by Crippen LogP contribution is 2.23. The molecule has 1 aliphatic rings. The van der Waals surface area contributed by atoms with Crippen LogP contribution in [0.15, 0.2) is 18.2 Å². The highest BCUT2D eigenvalue weighted by atomic mass is 16.5. The highest BCUT2D eigenvalue weighted by molar-refractivity contribution is 5.96. The third kappa shape index (κ3) is 3.33. The van der Waals surface area contributed by atoms with E-state index in [1.165, 1.54) is 0 Å². The predicted molar refractivity (Wildman–Crippen MR) is 70.2 cm³/mol. The van der Waals surface area contributed by atoms with Gasteiger partial charge in [0.2, 0.25) is 0 Å². The van der Waals surface area contributed by atoms with Crippen LogP contribution >= 0.6 is 0 Å². The summed E-state index contributed by atoms with van der Waals surface area (Å²) in [5, 5.41) is 0. The molecule has 0 saturated carbocycles. The molecule has 0 radical (unpaired) electrons. The van der Waals surface area contributed by atoms with Crippen molar-refractivity contribution in [2.45, 2.75) is 26.7 Å². The number of carbonyl (C=O) groups is 1. The van der Waals surface area contributed by atoms with E-state index in [2.05, 4.69) is 0 Å². The number of ketones is 1. The van der Waals surface area contributed by atoms with Crippen molar-refractivity contribution in [3.63, 3.8) is 0 Å². The average molecular weight is 248 g/mol. The zero-order valence-electron chi connectivity index (χ0n) is 11.1. The predicted octanol–water partition coefficient (Wildman–Crippen LogP) is 3.00. The van der Waals surface area contributed by atoms with Crippen molar-refractivity contribution in [3.8, 4) is 5.75 Å². The number of carbonyl (C=O) groups excluding carboxylic acids is 1. The van der Waals surface area contributed by atoms with E-state index in [0.29, 0.717) is 23.8 Å². The van der Waals surface area contributed by atoms with Crippen LogP contribution in [0.5, 0.6) is 5.75 Å². The van der Waals surface area contributed by atoms with Crippen LogP contribution in [0.1, 0.15) is 35.7 Å². The van der Waals surface area contributed by atoms with Gasteiger partial charge in [0.05, 0.1) is 12.2 Å². The Labute approximate surface area is 108 Å². The van der Waals surface area contributed by atoms with Crippen molar-refractivity contribution >= 4 is 5.78 Å². The third-order valence-corrected chi connectivity index (χ3v) is 3.33. The van der Waals surface area contributed by atoms with Gasteiger partial charge in [0.25, 0.3) is 0 Å². The molecule has 0 atom stereocenters. The lowest BCUT2D eigenvalue weighted by atomic mass is 10.0. The molecular formula is C15H20O3. The van der Waals surface area contributed by atoms with Crippen molar-refractivity contribution < 1.29 is 14.3 Å². The van der Waals surface area contributed by atoms with Gasteiger partial charge in [-0.3, -0.25) is 4.79 Å². The van der Waals surface area contributed by atoms with Crippen LogP contribution in [0.25, 0.3) is 0 Å². The smallest absolute Gasteiger partial charge is 0.163 e. The van der Waals surface area contributed by atoms with Gasteiger partial charge in [0.15, 0.2) is 5.78 Å². The zero-order valence-corrected chi connectivity index (χ0v) is 11.1. The molecule has 18 heavy (non-hydrogen) atoms. The van der Waals surface area contributed by atoms with Gasteiger partial charge in [-0.15, -0.1) is 0 Å². The van der Waals surface area contributed by atoms with Gasteiger partial charge in [-0.2, -0.15) is 0 Å². The number of ether oxygens (including phenoxy) is 2. The summed E-state index contributed by atoms with van der Waals surface area (Å²) >= 11 is 0. The van der Waals surface area contributed by atoms with Crippen LogP contribution in [0.4, 0.5) is 0 Å². The van der Waals surface area contributed by atoms with Crippen molar-refractivity contribution in [3.05, 3.63) is 29.3 Å². The molecule has 1 saturated heterocycles. The Morgan fingerprint density at radius 2 is 2.11 bits per heavy atom. The van der Waals surface area contributed by atoms with Gasteiger partial charge in [-0.1, -0.05) is 6.07 Å². The minimum Gasteiger partial charge on any atom is -0.493 e. The Balaban J connectivity index is 2.03. The molecule has 98 valence electrons. The second kappa shape index (κ2) is 6.01. The molecule has 0 bridgehead atoms.